The van der Waals surface area contributed by atoms with Gasteiger partial charge in [-0.1, -0.05) is 22.5 Å². The van der Waals surface area contributed by atoms with Crippen molar-refractivity contribution in [3.8, 4) is 0 Å². The number of rotatable bonds is 7. The van der Waals surface area contributed by atoms with Crippen molar-refractivity contribution in [3.05, 3.63) is 11.1 Å². The summed E-state index contributed by atoms with van der Waals surface area (Å²) in [5.41, 5.74) is 0. The van der Waals surface area contributed by atoms with Gasteiger partial charge in [0.05, 0.1) is 6.54 Å². The van der Waals surface area contributed by atoms with Crippen molar-refractivity contribution in [2.45, 2.75) is 12.6 Å². The van der Waals surface area contributed by atoms with Gasteiger partial charge in [-0.15, -0.1) is 0 Å². The largest absolute Gasteiger partial charge is 0.411 e. The van der Waals surface area contributed by atoms with Crippen molar-refractivity contribution in [1.82, 2.24) is 15.1 Å². The third kappa shape index (κ3) is 8.60. The quantitative estimate of drug-likeness (QED) is 0.681. The molecule has 0 spiro atoms. The second-order valence-electron chi connectivity index (χ2n) is 5.03. The first-order valence-electron chi connectivity index (χ1n) is 7.01. The molecule has 1 aliphatic rings. The van der Waals surface area contributed by atoms with Crippen LogP contribution < -0.4 is 5.32 Å². The maximum atomic E-state index is 11.9. The van der Waals surface area contributed by atoms with Crippen molar-refractivity contribution in [2.75, 3.05) is 52.5 Å². The lowest BCUT2D eigenvalue weighted by Gasteiger charge is -2.34. The Kier molecular flexibility index (Phi) is 8.19. The van der Waals surface area contributed by atoms with Crippen molar-refractivity contribution in [3.63, 3.8) is 0 Å². The minimum absolute atomic E-state index is 0.0908. The highest BCUT2D eigenvalue weighted by atomic mass is 79.9. The van der Waals surface area contributed by atoms with Gasteiger partial charge in [-0.2, -0.15) is 13.2 Å². The number of urea groups is 1. The van der Waals surface area contributed by atoms with Crippen LogP contribution in [0.2, 0.25) is 0 Å². The topological polar surface area (TPSA) is 44.8 Å². The number of hydrogen-bond acceptors (Lipinski definition) is 3. The fourth-order valence-electron chi connectivity index (χ4n) is 2.04. The van der Waals surface area contributed by atoms with Crippen LogP contribution in [0.4, 0.5) is 18.0 Å². The predicted octanol–water partition coefficient (Wildman–Crippen LogP) is 2.19. The number of carbonyl (C=O) groups excluding carboxylic acids is 1. The zero-order valence-corrected chi connectivity index (χ0v) is 13.9. The molecule has 0 aromatic heterocycles. The molecule has 5 nitrogen and oxygen atoms in total. The molecule has 0 bridgehead atoms. The van der Waals surface area contributed by atoms with Crippen LogP contribution in [0.25, 0.3) is 0 Å². The number of halogens is 4. The molecule has 2 amide bonds. The van der Waals surface area contributed by atoms with E-state index < -0.39 is 12.8 Å². The first kappa shape index (κ1) is 19.2. The standard InChI is InChI=1S/C13H21BrF3N3O2/c1-11(14)9-18-12(21)20-6-4-19(5-7-20)3-2-8-22-10-13(15,16)17/h1-10H2,(H,18,21). The van der Waals surface area contributed by atoms with Crippen molar-refractivity contribution >= 4 is 22.0 Å². The average molecular weight is 388 g/mol. The smallest absolute Gasteiger partial charge is 0.372 e. The third-order valence-electron chi connectivity index (χ3n) is 3.12. The lowest BCUT2D eigenvalue weighted by Crippen LogP contribution is -2.52. The molecule has 0 aliphatic carbocycles. The zero-order chi connectivity index (χ0) is 16.6. The van der Waals surface area contributed by atoms with Crippen LogP contribution in [0, 0.1) is 0 Å². The Bertz CT molecular complexity index is 372. The summed E-state index contributed by atoms with van der Waals surface area (Å²) in [5.74, 6) is 0. The molecule has 1 fully saturated rings. The molecule has 22 heavy (non-hydrogen) atoms. The van der Waals surface area contributed by atoms with E-state index in [4.69, 9.17) is 0 Å². The summed E-state index contributed by atoms with van der Waals surface area (Å²) in [4.78, 5) is 15.6. The van der Waals surface area contributed by atoms with E-state index in [1.807, 2.05) is 0 Å². The molecule has 1 saturated heterocycles. The van der Waals surface area contributed by atoms with Crippen molar-refractivity contribution in [2.24, 2.45) is 0 Å². The maximum Gasteiger partial charge on any atom is 0.411 e. The van der Waals surface area contributed by atoms with Crippen LogP contribution in [-0.2, 0) is 4.74 Å². The summed E-state index contributed by atoms with van der Waals surface area (Å²) < 4.78 is 40.9. The van der Waals surface area contributed by atoms with Crippen LogP contribution in [0.3, 0.4) is 0 Å². The Morgan fingerprint density at radius 2 is 1.91 bits per heavy atom. The van der Waals surface area contributed by atoms with E-state index in [0.29, 0.717) is 50.2 Å². The van der Waals surface area contributed by atoms with Crippen molar-refractivity contribution < 1.29 is 22.7 Å². The van der Waals surface area contributed by atoms with E-state index in [9.17, 15) is 18.0 Å². The van der Waals surface area contributed by atoms with Gasteiger partial charge in [0, 0.05) is 43.8 Å². The van der Waals surface area contributed by atoms with Crippen LogP contribution in [0.1, 0.15) is 6.42 Å². The number of nitrogens with zero attached hydrogens (tertiary/aromatic N) is 2. The normalized spacial score (nSPS) is 16.6. The van der Waals surface area contributed by atoms with Crippen molar-refractivity contribution in [1.29, 1.82) is 0 Å². The van der Waals surface area contributed by atoms with Gasteiger partial charge >= 0.3 is 12.2 Å². The maximum absolute atomic E-state index is 11.9. The molecule has 9 heteroatoms. The number of hydrogen-bond donors (Lipinski definition) is 1. The van der Waals surface area contributed by atoms with Crippen LogP contribution in [-0.4, -0.2) is 74.5 Å². The summed E-state index contributed by atoms with van der Waals surface area (Å²) in [6, 6.07) is -0.131. The summed E-state index contributed by atoms with van der Waals surface area (Å²) in [7, 11) is 0. The number of nitrogens with one attached hydrogen (secondary N) is 1. The minimum Gasteiger partial charge on any atom is -0.372 e. The summed E-state index contributed by atoms with van der Waals surface area (Å²) in [5, 5.41) is 2.74. The highest BCUT2D eigenvalue weighted by Crippen LogP contribution is 2.14. The number of amides is 2. The number of piperazine rings is 1. The van der Waals surface area contributed by atoms with Gasteiger partial charge in [0.2, 0.25) is 0 Å². The Morgan fingerprint density at radius 1 is 1.27 bits per heavy atom. The molecule has 0 radical (unpaired) electrons. The van der Waals surface area contributed by atoms with E-state index in [1.165, 1.54) is 0 Å². The van der Waals surface area contributed by atoms with Crippen LogP contribution in [0.15, 0.2) is 11.1 Å². The fourth-order valence-corrected chi connectivity index (χ4v) is 2.18. The van der Waals surface area contributed by atoms with E-state index in [2.05, 4.69) is 37.5 Å². The summed E-state index contributed by atoms with van der Waals surface area (Å²) in [6.45, 7) is 6.22. The molecule has 1 aliphatic heterocycles. The van der Waals surface area contributed by atoms with Gasteiger partial charge in [-0.25, -0.2) is 4.79 Å². The molecule has 0 unspecified atom stereocenters. The molecular formula is C13H21BrF3N3O2. The predicted molar refractivity (Wildman–Crippen MR) is 81.0 cm³/mol. The highest BCUT2D eigenvalue weighted by Gasteiger charge is 2.27. The van der Waals surface area contributed by atoms with Crippen LogP contribution in [0.5, 0.6) is 0 Å². The van der Waals surface area contributed by atoms with Gasteiger partial charge < -0.3 is 15.0 Å². The van der Waals surface area contributed by atoms with Gasteiger partial charge in [0.15, 0.2) is 0 Å². The molecule has 0 aromatic rings. The molecule has 128 valence electrons. The third-order valence-corrected chi connectivity index (χ3v) is 3.40. The second-order valence-corrected chi connectivity index (χ2v) is 6.15. The number of carbonyl (C=O) groups is 1. The second kappa shape index (κ2) is 9.36. The van der Waals surface area contributed by atoms with Gasteiger partial charge in [-0.05, 0) is 6.42 Å². The van der Waals surface area contributed by atoms with Crippen LogP contribution >= 0.6 is 15.9 Å². The zero-order valence-electron chi connectivity index (χ0n) is 12.3. The molecule has 1 N–H and O–H groups in total. The summed E-state index contributed by atoms with van der Waals surface area (Å²) in [6.07, 6.45) is -3.72. The summed E-state index contributed by atoms with van der Waals surface area (Å²) >= 11 is 3.17. The molecule has 1 heterocycles. The minimum atomic E-state index is -4.26. The Balaban J connectivity index is 2.10. The SMILES string of the molecule is C=C(Br)CNC(=O)N1CCN(CCCOCC(F)(F)F)CC1. The fraction of sp³-hybridized carbons (Fsp3) is 0.769. The van der Waals surface area contributed by atoms with E-state index >= 15 is 0 Å². The number of alkyl halides is 3. The number of ether oxygens (including phenoxy) is 1. The monoisotopic (exact) mass is 387 g/mol. The van der Waals surface area contributed by atoms with E-state index in [-0.39, 0.29) is 12.6 Å². The lowest BCUT2D eigenvalue weighted by atomic mass is 10.3. The molecule has 0 saturated carbocycles. The Labute approximate surface area is 136 Å². The first-order valence-corrected chi connectivity index (χ1v) is 7.80. The van der Waals surface area contributed by atoms with Gasteiger partial charge in [-0.3, -0.25) is 4.90 Å². The molecule has 1 rings (SSSR count). The first-order chi connectivity index (χ1) is 10.3. The lowest BCUT2D eigenvalue weighted by molar-refractivity contribution is -0.174. The van der Waals surface area contributed by atoms with E-state index in [1.54, 1.807) is 4.90 Å². The highest BCUT2D eigenvalue weighted by molar-refractivity contribution is 9.11. The Morgan fingerprint density at radius 3 is 2.45 bits per heavy atom. The Hall–Kier alpha value is -0.800. The van der Waals surface area contributed by atoms with Gasteiger partial charge in [0.1, 0.15) is 6.61 Å². The van der Waals surface area contributed by atoms with E-state index in [0.717, 1.165) is 0 Å². The molecular weight excluding hydrogens is 367 g/mol. The molecule has 0 aromatic carbocycles. The molecule has 0 atom stereocenters. The average Bonchev–Trinajstić information content (AvgIpc) is 2.44. The van der Waals surface area contributed by atoms with Gasteiger partial charge in [0.25, 0.3) is 0 Å².